The summed E-state index contributed by atoms with van der Waals surface area (Å²) in [7, 11) is 0. The summed E-state index contributed by atoms with van der Waals surface area (Å²) in [5, 5.41) is 15.0. The molecule has 2 aromatic carbocycles. The van der Waals surface area contributed by atoms with E-state index in [2.05, 4.69) is 10.6 Å². The Morgan fingerprint density at radius 2 is 1.86 bits per heavy atom. The number of nitrogens with zero attached hydrogens (tertiary/aromatic N) is 1. The Kier molecular flexibility index (Phi) is 7.66. The molecule has 2 atom stereocenters. The lowest BCUT2D eigenvalue weighted by molar-refractivity contribution is -0.152. The molecule has 11 nitrogen and oxygen atoms in total. The number of carbonyl (C=O) groups is 3. The molecule has 6 rings (SSSR count). The summed E-state index contributed by atoms with van der Waals surface area (Å²) in [5.41, 5.74) is 6.51. The largest absolute Gasteiger partial charge is 0.455 e. The number of amidine groups is 1. The number of hydrogen-bond donors (Lipinski definition) is 4. The fourth-order valence-electron chi connectivity index (χ4n) is 5.17. The van der Waals surface area contributed by atoms with Crippen LogP contribution in [0.1, 0.15) is 40.2 Å². The number of nitrogens with one attached hydrogen (secondary N) is 3. The van der Waals surface area contributed by atoms with Crippen LogP contribution in [0.2, 0.25) is 0 Å². The summed E-state index contributed by atoms with van der Waals surface area (Å²) in [6.07, 6.45) is 0.176. The quantitative estimate of drug-likeness (QED) is 0.184. The first-order valence-electron chi connectivity index (χ1n) is 13.4. The second kappa shape index (κ2) is 11.4. The molecular weight excluding hydrogens is 578 g/mol. The van der Waals surface area contributed by atoms with Crippen LogP contribution in [-0.4, -0.2) is 66.6 Å². The zero-order valence-electron chi connectivity index (χ0n) is 22.7. The van der Waals surface area contributed by atoms with E-state index < -0.39 is 23.6 Å². The number of ether oxygens (including phenoxy) is 3. The summed E-state index contributed by atoms with van der Waals surface area (Å²) in [4.78, 5) is 44.0. The average Bonchev–Trinajstić information content (AvgIpc) is 3.75. The highest BCUT2D eigenvalue weighted by atomic mass is 32.2. The van der Waals surface area contributed by atoms with Gasteiger partial charge in [-0.15, -0.1) is 11.3 Å². The van der Waals surface area contributed by atoms with Gasteiger partial charge in [-0.1, -0.05) is 23.9 Å². The molecule has 13 heteroatoms. The standard InChI is InChI=1S/C29H29N5O6S2/c1-16(24-11-18(14-41-24)26(30)31)33-28(37)19-12-29(38-8-9-39-29)15-34(19)25(35)13-32-27(36)17-6-7-23-21(10-17)40-20-4-2-3-5-22(20)42-23/h2-7,10-11,14,16,19H,8-9,12-13,15H2,1H3,(H3,30,31)(H,32,36)(H,33,37)/t16-,19?/m1/s1. The van der Waals surface area contributed by atoms with Gasteiger partial charge in [0.25, 0.3) is 5.91 Å². The summed E-state index contributed by atoms with van der Waals surface area (Å²) < 4.78 is 17.6. The number of carbonyl (C=O) groups excluding carboxylic acids is 3. The first-order chi connectivity index (χ1) is 20.2. The molecule has 42 heavy (non-hydrogen) atoms. The van der Waals surface area contributed by atoms with Crippen molar-refractivity contribution in [2.45, 2.75) is 41.0 Å². The van der Waals surface area contributed by atoms with Crippen LogP contribution >= 0.6 is 23.1 Å². The van der Waals surface area contributed by atoms with Gasteiger partial charge in [0.15, 0.2) is 5.79 Å². The SMILES string of the molecule is C[C@@H](NC(=O)C1CC2(CN1C(=O)CNC(=O)c1ccc3c(c1)Oc1ccccc1S3)OCCO2)c1cc(C(=N)N)cs1. The molecule has 3 aromatic rings. The maximum Gasteiger partial charge on any atom is 0.251 e. The summed E-state index contributed by atoms with van der Waals surface area (Å²) in [6.45, 7) is 2.33. The second-order valence-corrected chi connectivity index (χ2v) is 12.3. The van der Waals surface area contributed by atoms with Crippen LogP contribution in [0.5, 0.6) is 11.5 Å². The molecule has 3 aliphatic rings. The molecular formula is C29H29N5O6S2. The third kappa shape index (κ3) is 5.60. The molecule has 2 saturated heterocycles. The maximum atomic E-state index is 13.4. The van der Waals surface area contributed by atoms with Crippen LogP contribution in [0.25, 0.3) is 0 Å². The minimum Gasteiger partial charge on any atom is -0.455 e. The minimum absolute atomic E-state index is 0.0461. The van der Waals surface area contributed by atoms with Gasteiger partial charge in [-0.05, 0) is 43.3 Å². The molecule has 5 N–H and O–H groups in total. The fraction of sp³-hybridized carbons (Fsp3) is 0.310. The number of thiophene rings is 1. The molecule has 1 unspecified atom stereocenters. The van der Waals surface area contributed by atoms with Gasteiger partial charge in [-0.3, -0.25) is 19.8 Å². The smallest absolute Gasteiger partial charge is 0.251 e. The molecule has 0 aliphatic carbocycles. The Bertz CT molecular complexity index is 1570. The molecule has 218 valence electrons. The van der Waals surface area contributed by atoms with Gasteiger partial charge < -0.3 is 35.5 Å². The number of hydrogen-bond acceptors (Lipinski definition) is 9. The van der Waals surface area contributed by atoms with Gasteiger partial charge in [0, 0.05) is 27.8 Å². The summed E-state index contributed by atoms with van der Waals surface area (Å²) in [5.74, 6) is -1.04. The van der Waals surface area contributed by atoms with Crippen molar-refractivity contribution in [1.29, 1.82) is 5.41 Å². The lowest BCUT2D eigenvalue weighted by Gasteiger charge is -2.25. The van der Waals surface area contributed by atoms with Gasteiger partial charge >= 0.3 is 0 Å². The lowest BCUT2D eigenvalue weighted by atomic mass is 10.1. The number of rotatable bonds is 7. The van der Waals surface area contributed by atoms with E-state index in [9.17, 15) is 14.4 Å². The second-order valence-electron chi connectivity index (χ2n) is 10.2. The van der Waals surface area contributed by atoms with Gasteiger partial charge in [0.05, 0.1) is 42.1 Å². The van der Waals surface area contributed by atoms with E-state index in [1.165, 1.54) is 16.2 Å². The van der Waals surface area contributed by atoms with Gasteiger partial charge in [-0.2, -0.15) is 0 Å². The topological polar surface area (TPSA) is 156 Å². The highest BCUT2D eigenvalue weighted by molar-refractivity contribution is 7.99. The third-order valence-electron chi connectivity index (χ3n) is 7.34. The average molecular weight is 608 g/mol. The Labute approximate surface area is 250 Å². The highest BCUT2D eigenvalue weighted by Crippen LogP contribution is 2.47. The zero-order chi connectivity index (χ0) is 29.4. The fourth-order valence-corrected chi connectivity index (χ4v) is 7.02. The van der Waals surface area contributed by atoms with Crippen LogP contribution in [0.15, 0.2) is 63.7 Å². The molecule has 0 saturated carbocycles. The molecule has 1 aromatic heterocycles. The van der Waals surface area contributed by atoms with Crippen molar-refractivity contribution in [3.05, 3.63) is 69.9 Å². The van der Waals surface area contributed by atoms with Crippen LogP contribution in [0, 0.1) is 5.41 Å². The number of nitrogen functional groups attached to an aromatic ring is 1. The van der Waals surface area contributed by atoms with Crippen molar-refractivity contribution in [3.8, 4) is 11.5 Å². The van der Waals surface area contributed by atoms with E-state index in [1.54, 1.807) is 35.3 Å². The van der Waals surface area contributed by atoms with Gasteiger partial charge in [-0.25, -0.2) is 0 Å². The summed E-state index contributed by atoms with van der Waals surface area (Å²) >= 11 is 2.95. The van der Waals surface area contributed by atoms with Gasteiger partial charge in [0.2, 0.25) is 11.8 Å². The Morgan fingerprint density at radius 3 is 2.62 bits per heavy atom. The Morgan fingerprint density at radius 1 is 1.10 bits per heavy atom. The molecule has 2 fully saturated rings. The number of nitrogens with two attached hydrogens (primary N) is 1. The number of para-hydroxylation sites is 1. The van der Waals surface area contributed by atoms with Crippen molar-refractivity contribution in [2.75, 3.05) is 26.3 Å². The van der Waals surface area contributed by atoms with Crippen LogP contribution < -0.4 is 21.1 Å². The monoisotopic (exact) mass is 607 g/mol. The van der Waals surface area contributed by atoms with E-state index in [0.717, 1.165) is 20.4 Å². The minimum atomic E-state index is -1.06. The normalized spacial score (nSPS) is 19.0. The van der Waals surface area contributed by atoms with Crippen LogP contribution in [0.3, 0.4) is 0 Å². The van der Waals surface area contributed by atoms with E-state index in [0.29, 0.717) is 30.1 Å². The summed E-state index contributed by atoms with van der Waals surface area (Å²) in [6, 6.07) is 13.4. The van der Waals surface area contributed by atoms with E-state index >= 15 is 0 Å². The first kappa shape index (κ1) is 28.2. The van der Waals surface area contributed by atoms with Crippen LogP contribution in [-0.2, 0) is 19.1 Å². The molecule has 0 bridgehead atoms. The Balaban J connectivity index is 1.11. The highest BCUT2D eigenvalue weighted by Gasteiger charge is 2.52. The van der Waals surface area contributed by atoms with Crippen molar-refractivity contribution < 1.29 is 28.6 Å². The zero-order valence-corrected chi connectivity index (χ0v) is 24.3. The van der Waals surface area contributed by atoms with Crippen molar-refractivity contribution in [2.24, 2.45) is 5.73 Å². The number of benzene rings is 2. The van der Waals surface area contributed by atoms with Crippen molar-refractivity contribution >= 4 is 46.7 Å². The number of fused-ring (bicyclic) bond motifs is 2. The van der Waals surface area contributed by atoms with E-state index in [4.69, 9.17) is 25.4 Å². The Hall–Kier alpha value is -3.91. The maximum absolute atomic E-state index is 13.4. The lowest BCUT2D eigenvalue weighted by Crippen LogP contribution is -2.49. The van der Waals surface area contributed by atoms with Crippen molar-refractivity contribution in [1.82, 2.24) is 15.5 Å². The molecule has 4 heterocycles. The third-order valence-corrected chi connectivity index (χ3v) is 9.57. The molecule has 3 amide bonds. The van der Waals surface area contributed by atoms with E-state index in [-0.39, 0.29) is 37.3 Å². The predicted octanol–water partition coefficient (Wildman–Crippen LogP) is 3.24. The number of amides is 3. The predicted molar refractivity (Wildman–Crippen MR) is 156 cm³/mol. The molecule has 3 aliphatic heterocycles. The van der Waals surface area contributed by atoms with Crippen LogP contribution in [0.4, 0.5) is 0 Å². The number of likely N-dealkylation sites (tertiary alicyclic amines) is 1. The first-order valence-corrected chi connectivity index (χ1v) is 15.1. The van der Waals surface area contributed by atoms with Crippen molar-refractivity contribution in [3.63, 3.8) is 0 Å². The molecule has 1 spiro atoms. The van der Waals surface area contributed by atoms with E-state index in [1.807, 2.05) is 37.3 Å². The van der Waals surface area contributed by atoms with Gasteiger partial charge in [0.1, 0.15) is 23.4 Å². The molecule has 0 radical (unpaired) electrons.